The molecule has 9 heteroatoms. The van der Waals surface area contributed by atoms with Gasteiger partial charge in [0.25, 0.3) is 0 Å². The standard InChI is InChI=1S/C27H26N6O3/c1-3-18-7-8-20(19-9-11-22(12-10-19)33-17-29-30(2)26(33)35)16-24(18)32-14-13-31(27(32)36)23-6-4-5-21(15-23)25(28)34/h4-12,15-17H,3,13-14H2,1-2H3,(H2,28,34). The number of urea groups is 1. The van der Waals surface area contributed by atoms with E-state index in [0.29, 0.717) is 24.3 Å². The van der Waals surface area contributed by atoms with Crippen molar-refractivity contribution in [3.8, 4) is 16.8 Å². The number of primary amides is 1. The molecule has 0 unspecified atom stereocenters. The van der Waals surface area contributed by atoms with Crippen LogP contribution < -0.4 is 21.2 Å². The van der Waals surface area contributed by atoms with Gasteiger partial charge >= 0.3 is 11.7 Å². The van der Waals surface area contributed by atoms with Gasteiger partial charge in [-0.25, -0.2) is 18.8 Å². The summed E-state index contributed by atoms with van der Waals surface area (Å²) in [6, 6.07) is 20.5. The first-order chi connectivity index (χ1) is 17.4. The van der Waals surface area contributed by atoms with Gasteiger partial charge in [0, 0.05) is 37.1 Å². The molecule has 3 aromatic carbocycles. The van der Waals surface area contributed by atoms with Crippen LogP contribution in [0.15, 0.2) is 77.9 Å². The Bertz CT molecular complexity index is 1520. The van der Waals surface area contributed by atoms with Crippen LogP contribution in [0.2, 0.25) is 0 Å². The van der Waals surface area contributed by atoms with Gasteiger partial charge in [0.1, 0.15) is 6.33 Å². The fourth-order valence-electron chi connectivity index (χ4n) is 4.50. The number of hydrogen-bond donors (Lipinski definition) is 1. The van der Waals surface area contributed by atoms with Crippen LogP contribution >= 0.6 is 0 Å². The number of amides is 3. The SMILES string of the molecule is CCc1ccc(-c2ccc(-n3cnn(C)c3=O)cc2)cc1N1CCN(c2cccc(C(N)=O)c2)C1=O. The zero-order chi connectivity index (χ0) is 25.4. The zero-order valence-corrected chi connectivity index (χ0v) is 20.1. The van der Waals surface area contributed by atoms with Crippen LogP contribution in [0.1, 0.15) is 22.8 Å². The average Bonchev–Trinajstić information content (AvgIpc) is 3.45. The number of hydrogen-bond acceptors (Lipinski definition) is 4. The van der Waals surface area contributed by atoms with Gasteiger partial charge < -0.3 is 5.73 Å². The van der Waals surface area contributed by atoms with Crippen molar-refractivity contribution in [3.63, 3.8) is 0 Å². The van der Waals surface area contributed by atoms with Crippen LogP contribution in [0.3, 0.4) is 0 Å². The molecule has 2 heterocycles. The van der Waals surface area contributed by atoms with Crippen molar-refractivity contribution < 1.29 is 9.59 Å². The van der Waals surface area contributed by atoms with E-state index in [9.17, 15) is 14.4 Å². The molecule has 0 bridgehead atoms. The molecule has 1 aliphatic heterocycles. The molecule has 0 saturated carbocycles. The van der Waals surface area contributed by atoms with Crippen molar-refractivity contribution in [1.82, 2.24) is 14.3 Å². The van der Waals surface area contributed by atoms with Crippen LogP contribution in [-0.2, 0) is 13.5 Å². The molecule has 1 fully saturated rings. The Morgan fingerprint density at radius 3 is 2.31 bits per heavy atom. The highest BCUT2D eigenvalue weighted by Gasteiger charge is 2.32. The fraction of sp³-hybridized carbons (Fsp3) is 0.185. The Hall–Kier alpha value is -4.66. The Morgan fingerprint density at radius 2 is 1.64 bits per heavy atom. The third-order valence-corrected chi connectivity index (χ3v) is 6.51. The van der Waals surface area contributed by atoms with Gasteiger partial charge in [-0.3, -0.25) is 14.6 Å². The Balaban J connectivity index is 1.45. The number of aryl methyl sites for hydroxylation is 2. The maximum Gasteiger partial charge on any atom is 0.350 e. The summed E-state index contributed by atoms with van der Waals surface area (Å²) in [4.78, 5) is 40.7. The number of aromatic nitrogens is 3. The number of nitrogens with two attached hydrogens (primary N) is 1. The third-order valence-electron chi connectivity index (χ3n) is 6.51. The first-order valence-corrected chi connectivity index (χ1v) is 11.7. The molecule has 0 atom stereocenters. The van der Waals surface area contributed by atoms with E-state index in [1.807, 2.05) is 42.5 Å². The van der Waals surface area contributed by atoms with E-state index in [4.69, 9.17) is 5.73 Å². The Morgan fingerprint density at radius 1 is 0.917 bits per heavy atom. The minimum absolute atomic E-state index is 0.144. The Labute approximate surface area is 208 Å². The normalized spacial score (nSPS) is 13.4. The summed E-state index contributed by atoms with van der Waals surface area (Å²) in [6.07, 6.45) is 2.27. The maximum atomic E-state index is 13.4. The molecule has 4 aromatic rings. The van der Waals surface area contributed by atoms with E-state index >= 15 is 0 Å². The lowest BCUT2D eigenvalue weighted by molar-refractivity contribution is 0.1000. The molecular formula is C27H26N6O3. The zero-order valence-electron chi connectivity index (χ0n) is 20.1. The molecule has 0 aliphatic carbocycles. The second kappa shape index (κ2) is 9.18. The highest BCUT2D eigenvalue weighted by atomic mass is 16.2. The summed E-state index contributed by atoms with van der Waals surface area (Å²) in [6.45, 7) is 3.09. The quantitative estimate of drug-likeness (QED) is 0.455. The predicted octanol–water partition coefficient (Wildman–Crippen LogP) is 3.35. The lowest BCUT2D eigenvalue weighted by Crippen LogP contribution is -2.32. The molecule has 1 saturated heterocycles. The van der Waals surface area contributed by atoms with Gasteiger partial charge in [0.2, 0.25) is 5.91 Å². The van der Waals surface area contributed by atoms with Crippen LogP contribution in [0.5, 0.6) is 0 Å². The minimum Gasteiger partial charge on any atom is -0.366 e. The first-order valence-electron chi connectivity index (χ1n) is 11.7. The van der Waals surface area contributed by atoms with Crippen LogP contribution in [0.4, 0.5) is 16.2 Å². The largest absolute Gasteiger partial charge is 0.366 e. The topological polar surface area (TPSA) is 106 Å². The van der Waals surface area contributed by atoms with Crippen LogP contribution in [0, 0.1) is 0 Å². The molecule has 1 aliphatic rings. The van der Waals surface area contributed by atoms with Gasteiger partial charge in [0.15, 0.2) is 0 Å². The molecule has 3 amide bonds. The first kappa shape index (κ1) is 23.1. The summed E-state index contributed by atoms with van der Waals surface area (Å²) in [5, 5.41) is 4.00. The van der Waals surface area contributed by atoms with Gasteiger partial charge in [-0.2, -0.15) is 5.10 Å². The number of benzene rings is 3. The van der Waals surface area contributed by atoms with Gasteiger partial charge in [-0.1, -0.05) is 37.3 Å². The summed E-state index contributed by atoms with van der Waals surface area (Å²) >= 11 is 0. The van der Waals surface area contributed by atoms with E-state index in [1.165, 1.54) is 15.6 Å². The smallest absolute Gasteiger partial charge is 0.350 e. The lowest BCUT2D eigenvalue weighted by Gasteiger charge is -2.22. The monoisotopic (exact) mass is 482 g/mol. The lowest BCUT2D eigenvalue weighted by atomic mass is 10.0. The van der Waals surface area contributed by atoms with Crippen molar-refractivity contribution in [2.24, 2.45) is 12.8 Å². The maximum absolute atomic E-state index is 13.4. The van der Waals surface area contributed by atoms with E-state index in [-0.39, 0.29) is 11.7 Å². The number of carbonyl (C=O) groups excluding carboxylic acids is 2. The molecule has 2 N–H and O–H groups in total. The summed E-state index contributed by atoms with van der Waals surface area (Å²) in [5.74, 6) is -0.527. The molecule has 0 spiro atoms. The number of anilines is 2. The van der Waals surface area contributed by atoms with Crippen LogP contribution in [0.25, 0.3) is 16.8 Å². The highest BCUT2D eigenvalue weighted by Crippen LogP contribution is 2.33. The minimum atomic E-state index is -0.527. The van der Waals surface area contributed by atoms with Crippen molar-refractivity contribution in [1.29, 1.82) is 0 Å². The highest BCUT2D eigenvalue weighted by molar-refractivity contribution is 6.07. The van der Waals surface area contributed by atoms with Crippen LogP contribution in [-0.4, -0.2) is 39.4 Å². The summed E-state index contributed by atoms with van der Waals surface area (Å²) in [7, 11) is 1.61. The Kier molecular flexibility index (Phi) is 5.89. The van der Waals surface area contributed by atoms with E-state index in [1.54, 1.807) is 41.1 Å². The predicted molar refractivity (Wildman–Crippen MR) is 139 cm³/mol. The second-order valence-electron chi connectivity index (χ2n) is 8.65. The van der Waals surface area contributed by atoms with Crippen molar-refractivity contribution >= 4 is 23.3 Å². The van der Waals surface area contributed by atoms with Gasteiger partial charge in [0.05, 0.1) is 5.69 Å². The summed E-state index contributed by atoms with van der Waals surface area (Å²) < 4.78 is 2.77. The van der Waals surface area contributed by atoms with Crippen molar-refractivity contribution in [2.45, 2.75) is 13.3 Å². The number of rotatable bonds is 6. The molecule has 1 aromatic heterocycles. The van der Waals surface area contributed by atoms with E-state index in [2.05, 4.69) is 12.0 Å². The van der Waals surface area contributed by atoms with E-state index < -0.39 is 5.91 Å². The number of nitrogens with zero attached hydrogens (tertiary/aromatic N) is 5. The number of carbonyl (C=O) groups is 2. The second-order valence-corrected chi connectivity index (χ2v) is 8.65. The van der Waals surface area contributed by atoms with Gasteiger partial charge in [-0.05, 0) is 59.5 Å². The molecule has 182 valence electrons. The summed E-state index contributed by atoms with van der Waals surface area (Å²) in [5.41, 5.74) is 10.8. The molecule has 9 nitrogen and oxygen atoms in total. The molecule has 36 heavy (non-hydrogen) atoms. The average molecular weight is 483 g/mol. The fourth-order valence-corrected chi connectivity index (χ4v) is 4.50. The van der Waals surface area contributed by atoms with Crippen molar-refractivity contribution in [2.75, 3.05) is 22.9 Å². The molecule has 0 radical (unpaired) electrons. The van der Waals surface area contributed by atoms with Crippen molar-refractivity contribution in [3.05, 3.63) is 94.7 Å². The van der Waals surface area contributed by atoms with Gasteiger partial charge in [-0.15, -0.1) is 0 Å². The molecular weight excluding hydrogens is 456 g/mol. The third kappa shape index (κ3) is 4.04. The molecule has 5 rings (SSSR count). The van der Waals surface area contributed by atoms with E-state index in [0.717, 1.165) is 34.5 Å².